The summed E-state index contributed by atoms with van der Waals surface area (Å²) in [4.78, 5) is 0. The molecule has 12 heavy (non-hydrogen) atoms. The van der Waals surface area contributed by atoms with Crippen molar-refractivity contribution in [2.24, 2.45) is 0 Å². The highest BCUT2D eigenvalue weighted by Gasteiger charge is 1.99. The maximum Gasteiger partial charge on any atom is 0.141 e. The predicted molar refractivity (Wildman–Crippen MR) is 55.1 cm³/mol. The van der Waals surface area contributed by atoms with Gasteiger partial charge in [-0.2, -0.15) is 0 Å². The Bertz CT molecular complexity index is 235. The van der Waals surface area contributed by atoms with Crippen LogP contribution in [0.15, 0.2) is 24.3 Å². The normalized spacial score (nSPS) is 12.6. The number of rotatable bonds is 3. The number of benzene rings is 1. The fourth-order valence-corrected chi connectivity index (χ4v) is 1.09. The fraction of sp³-hybridized carbons (Fsp3) is 0.333. The summed E-state index contributed by atoms with van der Waals surface area (Å²) >= 11 is 7.39. The topological polar surface area (TPSA) is 9.23 Å². The molecule has 1 aromatic carbocycles. The Hall–Kier alpha value is -0.340. The van der Waals surface area contributed by atoms with E-state index in [4.69, 9.17) is 16.3 Å². The first-order valence-corrected chi connectivity index (χ1v) is 5.34. The Labute approximate surface area is 82.1 Å². The number of thioether (sulfide) groups is 1. The van der Waals surface area contributed by atoms with E-state index in [1.807, 2.05) is 37.4 Å². The quantitative estimate of drug-likeness (QED) is 0.695. The van der Waals surface area contributed by atoms with E-state index in [9.17, 15) is 0 Å². The number of ether oxygens (including phenoxy) is 1. The summed E-state index contributed by atoms with van der Waals surface area (Å²) in [6.07, 6.45) is 2.01. The van der Waals surface area contributed by atoms with Crippen LogP contribution in [-0.2, 0) is 0 Å². The molecule has 0 heterocycles. The zero-order valence-corrected chi connectivity index (χ0v) is 8.65. The van der Waals surface area contributed by atoms with Gasteiger partial charge in [-0.15, -0.1) is 11.8 Å². The molecule has 0 saturated heterocycles. The average Bonchev–Trinajstić information content (AvgIpc) is 2.09. The predicted octanol–water partition coefficient (Wildman–Crippen LogP) is 3.43. The molecule has 0 fully saturated rings. The molecule has 1 aromatic rings. The summed E-state index contributed by atoms with van der Waals surface area (Å²) in [5.41, 5.74) is 0.186. The molecular weight excluding hydrogens is 192 g/mol. The van der Waals surface area contributed by atoms with Gasteiger partial charge in [-0.3, -0.25) is 0 Å². The molecule has 0 bridgehead atoms. The molecule has 0 amide bonds. The molecule has 66 valence electrons. The third-order valence-corrected chi connectivity index (χ3v) is 2.46. The first kappa shape index (κ1) is 9.75. The zero-order chi connectivity index (χ0) is 8.97. The van der Waals surface area contributed by atoms with Gasteiger partial charge in [0.25, 0.3) is 0 Å². The van der Waals surface area contributed by atoms with Crippen molar-refractivity contribution >= 4 is 23.4 Å². The fourth-order valence-electron chi connectivity index (χ4n) is 0.753. The summed E-state index contributed by atoms with van der Waals surface area (Å²) in [5.74, 6) is 0.862. The highest BCUT2D eigenvalue weighted by Crippen LogP contribution is 2.19. The lowest BCUT2D eigenvalue weighted by molar-refractivity contribution is 0.308. The highest BCUT2D eigenvalue weighted by atomic mass is 35.5. The van der Waals surface area contributed by atoms with Crippen LogP contribution in [0.5, 0.6) is 5.75 Å². The van der Waals surface area contributed by atoms with Gasteiger partial charge in [-0.05, 0) is 37.4 Å². The molecule has 1 nitrogen and oxygen atoms in total. The molecule has 0 aliphatic heterocycles. The van der Waals surface area contributed by atoms with E-state index in [-0.39, 0.29) is 5.44 Å². The summed E-state index contributed by atoms with van der Waals surface area (Å²) in [5, 5.41) is 0.735. The van der Waals surface area contributed by atoms with E-state index in [1.54, 1.807) is 11.8 Å². The Morgan fingerprint density at radius 2 is 1.92 bits per heavy atom. The van der Waals surface area contributed by atoms with Crippen molar-refractivity contribution < 1.29 is 4.74 Å². The third-order valence-electron chi connectivity index (χ3n) is 1.45. The number of hydrogen-bond donors (Lipinski definition) is 0. The van der Waals surface area contributed by atoms with E-state index in [1.165, 1.54) is 0 Å². The van der Waals surface area contributed by atoms with Crippen LogP contribution in [0.2, 0.25) is 5.02 Å². The molecule has 0 spiro atoms. The minimum Gasteiger partial charge on any atom is -0.480 e. The van der Waals surface area contributed by atoms with Gasteiger partial charge in [-0.25, -0.2) is 0 Å². The molecule has 0 aromatic heterocycles. The Morgan fingerprint density at radius 3 is 2.42 bits per heavy atom. The van der Waals surface area contributed by atoms with Crippen molar-refractivity contribution in [3.63, 3.8) is 0 Å². The van der Waals surface area contributed by atoms with Crippen molar-refractivity contribution in [2.45, 2.75) is 12.4 Å². The van der Waals surface area contributed by atoms with E-state index in [0.29, 0.717) is 0 Å². The van der Waals surface area contributed by atoms with E-state index < -0.39 is 0 Å². The van der Waals surface area contributed by atoms with Crippen molar-refractivity contribution in [1.82, 2.24) is 0 Å². The smallest absolute Gasteiger partial charge is 0.141 e. The lowest BCUT2D eigenvalue weighted by atomic mass is 10.3. The monoisotopic (exact) mass is 202 g/mol. The molecule has 0 aliphatic carbocycles. The van der Waals surface area contributed by atoms with Crippen LogP contribution >= 0.6 is 23.4 Å². The molecule has 1 atom stereocenters. The second kappa shape index (κ2) is 4.63. The largest absolute Gasteiger partial charge is 0.480 e. The van der Waals surface area contributed by atoms with Crippen LogP contribution in [0.1, 0.15) is 6.92 Å². The summed E-state index contributed by atoms with van der Waals surface area (Å²) in [6.45, 7) is 2.01. The molecule has 0 N–H and O–H groups in total. The van der Waals surface area contributed by atoms with Crippen molar-refractivity contribution in [2.75, 3.05) is 6.26 Å². The van der Waals surface area contributed by atoms with Gasteiger partial charge in [0.2, 0.25) is 0 Å². The zero-order valence-electron chi connectivity index (χ0n) is 7.08. The molecule has 0 saturated carbocycles. The van der Waals surface area contributed by atoms with E-state index in [0.717, 1.165) is 10.8 Å². The van der Waals surface area contributed by atoms with Crippen LogP contribution < -0.4 is 4.74 Å². The van der Waals surface area contributed by atoms with Crippen LogP contribution in [0.3, 0.4) is 0 Å². The second-order valence-corrected chi connectivity index (χ2v) is 3.95. The maximum atomic E-state index is 5.72. The molecule has 1 unspecified atom stereocenters. The van der Waals surface area contributed by atoms with Gasteiger partial charge in [0.15, 0.2) is 0 Å². The van der Waals surface area contributed by atoms with Gasteiger partial charge in [0.05, 0.1) is 0 Å². The Balaban J connectivity index is 2.58. The summed E-state index contributed by atoms with van der Waals surface area (Å²) in [7, 11) is 0. The van der Waals surface area contributed by atoms with Gasteiger partial charge < -0.3 is 4.74 Å². The summed E-state index contributed by atoms with van der Waals surface area (Å²) < 4.78 is 5.52. The van der Waals surface area contributed by atoms with Crippen LogP contribution in [0.4, 0.5) is 0 Å². The van der Waals surface area contributed by atoms with Gasteiger partial charge in [-0.1, -0.05) is 11.6 Å². The Kier molecular flexibility index (Phi) is 3.76. The molecule has 3 heteroatoms. The SMILES string of the molecule is CSC(C)Oc1ccc(Cl)cc1. The lowest BCUT2D eigenvalue weighted by Gasteiger charge is -2.11. The highest BCUT2D eigenvalue weighted by molar-refractivity contribution is 7.99. The first-order valence-electron chi connectivity index (χ1n) is 3.67. The maximum absolute atomic E-state index is 5.72. The van der Waals surface area contributed by atoms with E-state index in [2.05, 4.69) is 0 Å². The third kappa shape index (κ3) is 2.95. The molecular formula is C9H11ClOS. The molecule has 1 rings (SSSR count). The number of halogens is 1. The second-order valence-electron chi connectivity index (χ2n) is 2.38. The van der Waals surface area contributed by atoms with Crippen molar-refractivity contribution in [1.29, 1.82) is 0 Å². The minimum absolute atomic E-state index is 0.186. The lowest BCUT2D eigenvalue weighted by Crippen LogP contribution is -2.05. The van der Waals surface area contributed by atoms with Crippen molar-refractivity contribution in [3.8, 4) is 5.75 Å². The van der Waals surface area contributed by atoms with Gasteiger partial charge in [0, 0.05) is 5.02 Å². The van der Waals surface area contributed by atoms with Crippen molar-refractivity contribution in [3.05, 3.63) is 29.3 Å². The van der Waals surface area contributed by atoms with Gasteiger partial charge >= 0.3 is 0 Å². The number of hydrogen-bond acceptors (Lipinski definition) is 2. The molecule has 0 aliphatic rings. The van der Waals surface area contributed by atoms with E-state index >= 15 is 0 Å². The minimum atomic E-state index is 0.186. The molecule has 0 radical (unpaired) electrons. The standard InChI is InChI=1S/C9H11ClOS/c1-7(12-2)11-9-5-3-8(10)4-6-9/h3-7H,1-2H3. The average molecular weight is 203 g/mol. The summed E-state index contributed by atoms with van der Waals surface area (Å²) in [6, 6.07) is 7.39. The first-order chi connectivity index (χ1) is 5.72. The van der Waals surface area contributed by atoms with Gasteiger partial charge in [0.1, 0.15) is 11.2 Å². The van der Waals surface area contributed by atoms with Crippen LogP contribution in [0, 0.1) is 0 Å². The van der Waals surface area contributed by atoms with Crippen LogP contribution in [-0.4, -0.2) is 11.7 Å². The van der Waals surface area contributed by atoms with Crippen LogP contribution in [0.25, 0.3) is 0 Å². The Morgan fingerprint density at radius 1 is 1.33 bits per heavy atom.